The lowest BCUT2D eigenvalue weighted by Crippen LogP contribution is -2.70. The van der Waals surface area contributed by atoms with Gasteiger partial charge in [0.05, 0.1) is 12.0 Å². The lowest BCUT2D eigenvalue weighted by Gasteiger charge is -2.62. The largest absolute Gasteiger partial charge is 0.470 e. The normalized spacial score (nSPS) is 43.1. The third-order valence-corrected chi connectivity index (χ3v) is 10.2. The standard InChI is InChI=1S/C26H36FO9P/c1-14(2)22(31)36-26(21(30)13-35-37(32,33)34)15(3)10-19-18-7-6-16-11-17(28)8-9-23(16,4)25(18,27)20(29)12-24(19,26)5/h8-9,11,14-15,18-20,29H,6-7,10,12-13H2,1-5H3,(H2,32,33,34)/t15-,18+,19+,20+,23+,24+,25+,26+/m1/s1. The predicted octanol–water partition coefficient (Wildman–Crippen LogP) is 3.22. The van der Waals surface area contributed by atoms with Crippen LogP contribution in [0.1, 0.15) is 60.3 Å². The third kappa shape index (κ3) is 3.94. The summed E-state index contributed by atoms with van der Waals surface area (Å²) in [7, 11) is -5.01. The Hall–Kier alpha value is -1.71. The van der Waals surface area contributed by atoms with Gasteiger partial charge in [0.25, 0.3) is 0 Å². The molecule has 4 aliphatic rings. The quantitative estimate of drug-likeness (QED) is 0.340. The molecule has 206 valence electrons. The van der Waals surface area contributed by atoms with E-state index in [0.717, 1.165) is 0 Å². The topological polar surface area (TPSA) is 147 Å². The molecule has 0 aromatic carbocycles. The van der Waals surface area contributed by atoms with Crippen molar-refractivity contribution in [3.63, 3.8) is 0 Å². The number of fused-ring (bicyclic) bond motifs is 5. The molecule has 0 amide bonds. The van der Waals surface area contributed by atoms with Gasteiger partial charge in [-0.15, -0.1) is 0 Å². The van der Waals surface area contributed by atoms with E-state index in [1.807, 2.05) is 0 Å². The Morgan fingerprint density at radius 1 is 1.24 bits per heavy atom. The van der Waals surface area contributed by atoms with Crippen molar-refractivity contribution in [2.24, 2.45) is 34.5 Å². The third-order valence-electron chi connectivity index (χ3n) is 9.69. The van der Waals surface area contributed by atoms with Crippen LogP contribution in [0.15, 0.2) is 23.8 Å². The van der Waals surface area contributed by atoms with E-state index in [1.54, 1.807) is 34.6 Å². The van der Waals surface area contributed by atoms with Crippen LogP contribution in [0.3, 0.4) is 0 Å². The highest BCUT2D eigenvalue weighted by Gasteiger charge is 2.77. The molecule has 4 aliphatic carbocycles. The number of carbonyl (C=O) groups is 3. The maximum absolute atomic E-state index is 17.4. The molecule has 0 spiro atoms. The zero-order valence-corrected chi connectivity index (χ0v) is 22.7. The van der Waals surface area contributed by atoms with E-state index >= 15 is 4.39 Å². The van der Waals surface area contributed by atoms with Crippen molar-refractivity contribution < 1.29 is 47.5 Å². The van der Waals surface area contributed by atoms with Crippen molar-refractivity contribution in [3.05, 3.63) is 23.8 Å². The molecular formula is C26H36FO9P. The average molecular weight is 543 g/mol. The number of aliphatic hydroxyl groups is 1. The van der Waals surface area contributed by atoms with E-state index in [1.165, 1.54) is 18.2 Å². The van der Waals surface area contributed by atoms with Gasteiger partial charge in [-0.05, 0) is 50.7 Å². The Balaban J connectivity index is 1.82. The van der Waals surface area contributed by atoms with E-state index in [0.29, 0.717) is 24.8 Å². The fraction of sp³-hybridized carbons (Fsp3) is 0.731. The molecule has 0 heterocycles. The Kier molecular flexibility index (Phi) is 6.82. The molecule has 0 aliphatic heterocycles. The first kappa shape index (κ1) is 28.3. The SMILES string of the molecule is CC(C)C(=O)O[C@]1(C(=O)COP(=O)(O)O)[C@H](C)C[C@H]2[C@@H]3CCC4=CC(=O)C=C[C@]4(C)[C@@]3(F)[C@@H](O)C[C@@]21C. The van der Waals surface area contributed by atoms with E-state index in [9.17, 15) is 33.8 Å². The Labute approximate surface area is 215 Å². The highest BCUT2D eigenvalue weighted by molar-refractivity contribution is 7.46. The van der Waals surface area contributed by atoms with Crippen molar-refractivity contribution >= 4 is 25.4 Å². The molecule has 3 N–H and O–H groups in total. The number of Topliss-reactive ketones (excluding diaryl/α,β-unsaturated/α-hetero) is 1. The second kappa shape index (κ2) is 8.91. The first-order valence-corrected chi connectivity index (χ1v) is 14.2. The van der Waals surface area contributed by atoms with Gasteiger partial charge >= 0.3 is 13.8 Å². The minimum Gasteiger partial charge on any atom is -0.450 e. The maximum atomic E-state index is 17.4. The lowest BCUT2D eigenvalue weighted by atomic mass is 9.44. The average Bonchev–Trinajstić information content (AvgIpc) is 3.00. The lowest BCUT2D eigenvalue weighted by molar-refractivity contribution is -0.229. The number of aliphatic hydroxyl groups excluding tert-OH is 1. The van der Waals surface area contributed by atoms with Crippen molar-refractivity contribution in [1.82, 2.24) is 0 Å². The van der Waals surface area contributed by atoms with Gasteiger partial charge in [-0.3, -0.25) is 18.9 Å². The maximum Gasteiger partial charge on any atom is 0.470 e. The molecule has 0 radical (unpaired) electrons. The summed E-state index contributed by atoms with van der Waals surface area (Å²) in [6.07, 6.45) is 3.55. The van der Waals surface area contributed by atoms with Crippen LogP contribution in [0.25, 0.3) is 0 Å². The molecule has 0 saturated heterocycles. The van der Waals surface area contributed by atoms with E-state index in [2.05, 4.69) is 4.52 Å². The van der Waals surface area contributed by atoms with Crippen LogP contribution >= 0.6 is 7.82 Å². The highest BCUT2D eigenvalue weighted by atomic mass is 31.2. The first-order valence-electron chi connectivity index (χ1n) is 12.7. The minimum atomic E-state index is -5.01. The number of halogens is 1. The van der Waals surface area contributed by atoms with Crippen molar-refractivity contribution in [1.29, 1.82) is 0 Å². The number of alkyl halides is 1. The summed E-state index contributed by atoms with van der Waals surface area (Å²) in [6.45, 7) is 7.28. The van der Waals surface area contributed by atoms with Crippen LogP contribution in [-0.4, -0.2) is 56.4 Å². The van der Waals surface area contributed by atoms with Gasteiger partial charge < -0.3 is 19.6 Å². The molecule has 3 fully saturated rings. The molecular weight excluding hydrogens is 506 g/mol. The zero-order valence-electron chi connectivity index (χ0n) is 21.8. The van der Waals surface area contributed by atoms with Gasteiger partial charge in [-0.1, -0.05) is 39.3 Å². The van der Waals surface area contributed by atoms with Crippen molar-refractivity contribution in [2.45, 2.75) is 77.7 Å². The van der Waals surface area contributed by atoms with Crippen LogP contribution in [-0.2, 0) is 28.2 Å². The number of phosphoric ester groups is 1. The molecule has 37 heavy (non-hydrogen) atoms. The number of ether oxygens (including phenoxy) is 1. The summed E-state index contributed by atoms with van der Waals surface area (Å²) >= 11 is 0. The molecule has 3 saturated carbocycles. The van der Waals surface area contributed by atoms with Crippen LogP contribution in [0, 0.1) is 34.5 Å². The summed E-state index contributed by atoms with van der Waals surface area (Å²) in [5, 5.41) is 11.5. The number of hydrogen-bond acceptors (Lipinski definition) is 7. The smallest absolute Gasteiger partial charge is 0.450 e. The van der Waals surface area contributed by atoms with Crippen LogP contribution in [0.5, 0.6) is 0 Å². The summed E-state index contributed by atoms with van der Waals surface area (Å²) in [5.41, 5.74) is -5.86. The minimum absolute atomic E-state index is 0.227. The number of carbonyl (C=O) groups excluding carboxylic acids is 3. The number of ketones is 2. The van der Waals surface area contributed by atoms with Gasteiger partial charge in [-0.25, -0.2) is 8.96 Å². The molecule has 0 bridgehead atoms. The van der Waals surface area contributed by atoms with Crippen molar-refractivity contribution in [2.75, 3.05) is 6.61 Å². The fourth-order valence-corrected chi connectivity index (χ4v) is 8.21. The summed E-state index contributed by atoms with van der Waals surface area (Å²) < 4.78 is 39.2. The Morgan fingerprint density at radius 2 is 1.89 bits per heavy atom. The predicted molar refractivity (Wildman–Crippen MR) is 130 cm³/mol. The number of phosphoric acid groups is 1. The monoisotopic (exact) mass is 542 g/mol. The van der Waals surface area contributed by atoms with Gasteiger partial charge in [-0.2, -0.15) is 0 Å². The second-order valence-electron chi connectivity index (χ2n) is 11.9. The molecule has 0 unspecified atom stereocenters. The molecule has 11 heteroatoms. The fourth-order valence-electron chi connectivity index (χ4n) is 7.93. The van der Waals surface area contributed by atoms with Crippen LogP contribution < -0.4 is 0 Å². The molecule has 0 aromatic rings. The van der Waals surface area contributed by atoms with Gasteiger partial charge in [0.1, 0.15) is 6.61 Å². The van der Waals surface area contributed by atoms with E-state index in [-0.39, 0.29) is 12.2 Å². The number of esters is 1. The molecule has 9 nitrogen and oxygen atoms in total. The summed E-state index contributed by atoms with van der Waals surface area (Å²) in [6, 6.07) is 0. The Bertz CT molecular complexity index is 1130. The van der Waals surface area contributed by atoms with Gasteiger partial charge in [0.15, 0.2) is 17.1 Å². The summed E-state index contributed by atoms with van der Waals surface area (Å²) in [4.78, 5) is 57.1. The van der Waals surface area contributed by atoms with E-state index in [4.69, 9.17) is 4.74 Å². The Morgan fingerprint density at radius 3 is 2.49 bits per heavy atom. The first-order chi connectivity index (χ1) is 16.9. The number of rotatable bonds is 6. The molecule has 0 aromatic heterocycles. The van der Waals surface area contributed by atoms with Crippen LogP contribution in [0.2, 0.25) is 0 Å². The summed E-state index contributed by atoms with van der Waals surface area (Å²) in [5.74, 6) is -4.21. The molecule has 4 rings (SSSR count). The highest BCUT2D eigenvalue weighted by Crippen LogP contribution is 2.71. The number of hydrogen-bond donors (Lipinski definition) is 3. The van der Waals surface area contributed by atoms with Crippen molar-refractivity contribution in [3.8, 4) is 0 Å². The van der Waals surface area contributed by atoms with Crippen LogP contribution in [0.4, 0.5) is 4.39 Å². The van der Waals surface area contributed by atoms with Gasteiger partial charge in [0, 0.05) is 22.7 Å². The van der Waals surface area contributed by atoms with E-state index < -0.39 is 78.1 Å². The van der Waals surface area contributed by atoms with Gasteiger partial charge in [0.2, 0.25) is 5.78 Å². The number of allylic oxidation sites excluding steroid dienone is 4. The zero-order chi connectivity index (χ0) is 27.8. The molecule has 8 atom stereocenters. The second-order valence-corrected chi connectivity index (χ2v) is 13.1.